The number of nitrogens with two attached hydrogens (primary N) is 1. The number of alkyl carbamates (subject to hydrolysis) is 1. The first kappa shape index (κ1) is 29.2. The minimum atomic E-state index is -0.503. The Balaban J connectivity index is 1.97. The van der Waals surface area contributed by atoms with Gasteiger partial charge in [-0.25, -0.2) is 9.59 Å². The van der Waals surface area contributed by atoms with Crippen molar-refractivity contribution in [1.82, 2.24) is 15.5 Å². The van der Waals surface area contributed by atoms with Crippen LogP contribution in [0.15, 0.2) is 24.3 Å². The predicted octanol–water partition coefficient (Wildman–Crippen LogP) is 3.57. The number of piperidine rings is 1. The molecular weight excluding hydrogens is 472 g/mol. The van der Waals surface area contributed by atoms with E-state index in [1.807, 2.05) is 29.2 Å². The zero-order chi connectivity index (χ0) is 25.8. The maximum atomic E-state index is 12.9. The van der Waals surface area contributed by atoms with E-state index in [9.17, 15) is 9.59 Å². The second-order valence-corrected chi connectivity index (χ2v) is 10.3. The predicted molar refractivity (Wildman–Crippen MR) is 136 cm³/mol. The van der Waals surface area contributed by atoms with Crippen molar-refractivity contribution in [1.29, 1.82) is 0 Å². The van der Waals surface area contributed by atoms with Gasteiger partial charge in [-0.15, -0.1) is 0 Å². The molecule has 3 amide bonds. The van der Waals surface area contributed by atoms with E-state index in [2.05, 4.69) is 29.2 Å². The Morgan fingerprint density at radius 2 is 2.06 bits per heavy atom. The van der Waals surface area contributed by atoms with Gasteiger partial charge in [-0.1, -0.05) is 37.6 Å². The molecule has 1 aliphatic heterocycles. The molecule has 0 spiro atoms. The van der Waals surface area contributed by atoms with Gasteiger partial charge in [0.1, 0.15) is 0 Å². The van der Waals surface area contributed by atoms with Crippen LogP contribution in [0.2, 0.25) is 5.02 Å². The number of hydrogen-bond donors (Lipinski definition) is 3. The Morgan fingerprint density at radius 3 is 2.74 bits per heavy atom. The summed E-state index contributed by atoms with van der Waals surface area (Å²) in [6.45, 7) is 7.08. The summed E-state index contributed by atoms with van der Waals surface area (Å²) in [6, 6.07) is 7.30. The summed E-state index contributed by atoms with van der Waals surface area (Å²) < 4.78 is 16.1. The number of likely N-dealkylation sites (tertiary alicyclic amines) is 1. The maximum Gasteiger partial charge on any atom is 0.406 e. The summed E-state index contributed by atoms with van der Waals surface area (Å²) in [5.41, 5.74) is 7.17. The molecule has 1 fully saturated rings. The molecule has 1 aliphatic rings. The quantitative estimate of drug-likeness (QED) is 0.369. The van der Waals surface area contributed by atoms with Crippen LogP contribution in [0.4, 0.5) is 9.59 Å². The molecular formula is C25H41ClN4O5. The number of nitrogens with one attached hydrogen (secondary N) is 2. The molecule has 10 heteroatoms. The Morgan fingerprint density at radius 1 is 1.29 bits per heavy atom. The van der Waals surface area contributed by atoms with E-state index in [0.717, 1.165) is 24.8 Å². The molecule has 0 radical (unpaired) electrons. The minimum absolute atomic E-state index is 0.0562. The van der Waals surface area contributed by atoms with Crippen LogP contribution in [0, 0.1) is 11.3 Å². The summed E-state index contributed by atoms with van der Waals surface area (Å²) >= 11 is 6.24. The van der Waals surface area contributed by atoms with E-state index in [4.69, 9.17) is 26.8 Å². The highest BCUT2D eigenvalue weighted by molar-refractivity contribution is 6.30. The summed E-state index contributed by atoms with van der Waals surface area (Å²) in [5.74, 6) is 0.0837. The molecule has 0 aliphatic carbocycles. The fraction of sp³-hybridized carbons (Fsp3) is 0.680. The van der Waals surface area contributed by atoms with Crippen molar-refractivity contribution < 1.29 is 23.8 Å². The van der Waals surface area contributed by atoms with Crippen LogP contribution in [-0.2, 0) is 14.2 Å². The number of benzene rings is 1. The van der Waals surface area contributed by atoms with Crippen LogP contribution in [0.25, 0.3) is 0 Å². The van der Waals surface area contributed by atoms with Gasteiger partial charge in [0.2, 0.25) is 0 Å². The fourth-order valence-corrected chi connectivity index (χ4v) is 4.80. The Kier molecular flexibility index (Phi) is 12.1. The second kappa shape index (κ2) is 14.5. The average molecular weight is 513 g/mol. The monoisotopic (exact) mass is 512 g/mol. The topological polar surface area (TPSA) is 115 Å². The molecule has 4 N–H and O–H groups in total. The molecule has 1 heterocycles. The van der Waals surface area contributed by atoms with Crippen LogP contribution in [0.1, 0.15) is 44.8 Å². The molecule has 9 nitrogen and oxygen atoms in total. The van der Waals surface area contributed by atoms with Crippen molar-refractivity contribution >= 4 is 23.7 Å². The van der Waals surface area contributed by atoms with Crippen LogP contribution in [-0.4, -0.2) is 76.7 Å². The lowest BCUT2D eigenvalue weighted by atomic mass is 9.87. The third-order valence-electron chi connectivity index (χ3n) is 6.07. The van der Waals surface area contributed by atoms with E-state index in [-0.39, 0.29) is 29.5 Å². The molecule has 0 unspecified atom stereocenters. The van der Waals surface area contributed by atoms with Crippen molar-refractivity contribution in [2.45, 2.75) is 45.3 Å². The van der Waals surface area contributed by atoms with Crippen LogP contribution in [0.3, 0.4) is 0 Å². The summed E-state index contributed by atoms with van der Waals surface area (Å²) in [4.78, 5) is 26.1. The zero-order valence-corrected chi connectivity index (χ0v) is 22.1. The highest BCUT2D eigenvalue weighted by Gasteiger charge is 2.31. The first-order chi connectivity index (χ1) is 16.6. The molecule has 3 atom stereocenters. The summed E-state index contributed by atoms with van der Waals surface area (Å²) in [6.07, 6.45) is 1.76. The van der Waals surface area contributed by atoms with E-state index in [0.29, 0.717) is 44.4 Å². The van der Waals surface area contributed by atoms with Crippen molar-refractivity contribution in [2.24, 2.45) is 17.1 Å². The number of urea groups is 1. The molecule has 1 saturated heterocycles. The number of halogens is 1. The largest absolute Gasteiger partial charge is 0.453 e. The van der Waals surface area contributed by atoms with Gasteiger partial charge < -0.3 is 35.5 Å². The van der Waals surface area contributed by atoms with Gasteiger partial charge in [-0.3, -0.25) is 0 Å². The minimum Gasteiger partial charge on any atom is -0.453 e. The fourth-order valence-electron chi connectivity index (χ4n) is 4.60. The highest BCUT2D eigenvalue weighted by atomic mass is 35.5. The van der Waals surface area contributed by atoms with Crippen molar-refractivity contribution in [2.75, 3.05) is 53.6 Å². The summed E-state index contributed by atoms with van der Waals surface area (Å²) in [7, 11) is 3.00. The van der Waals surface area contributed by atoms with Crippen molar-refractivity contribution in [3.8, 4) is 0 Å². The Hall–Kier alpha value is -2.07. The molecule has 0 bridgehead atoms. The Labute approximate surface area is 214 Å². The molecule has 1 aromatic rings. The average Bonchev–Trinajstić information content (AvgIpc) is 2.82. The molecule has 35 heavy (non-hydrogen) atoms. The van der Waals surface area contributed by atoms with Gasteiger partial charge in [-0.05, 0) is 42.4 Å². The summed E-state index contributed by atoms with van der Waals surface area (Å²) in [5, 5.41) is 6.24. The Bertz CT molecular complexity index is 810. The number of carbonyl (C=O) groups is 2. The number of carbonyl (C=O) groups excluding carboxylic acids is 2. The number of amides is 3. The SMILES string of the molecule is COCC(C)(C)C[C@H](N)CNC(=O)N1CCC[C@@H]([C@@H](OCCNC(=O)OC)c2cccc(Cl)c2)C1. The van der Waals surface area contributed by atoms with Gasteiger partial charge in [0.25, 0.3) is 0 Å². The molecule has 0 saturated carbocycles. The third-order valence-corrected chi connectivity index (χ3v) is 6.31. The third kappa shape index (κ3) is 10.2. The van der Waals surface area contributed by atoms with Gasteiger partial charge in [0.15, 0.2) is 0 Å². The van der Waals surface area contributed by atoms with Crippen LogP contribution in [0.5, 0.6) is 0 Å². The lowest BCUT2D eigenvalue weighted by molar-refractivity contribution is -0.00850. The van der Waals surface area contributed by atoms with E-state index >= 15 is 0 Å². The second-order valence-electron chi connectivity index (χ2n) is 9.86. The first-order valence-corrected chi connectivity index (χ1v) is 12.5. The van der Waals surface area contributed by atoms with E-state index in [1.165, 1.54) is 7.11 Å². The maximum absolute atomic E-state index is 12.9. The molecule has 1 aromatic carbocycles. The van der Waals surface area contributed by atoms with Crippen LogP contribution < -0.4 is 16.4 Å². The van der Waals surface area contributed by atoms with E-state index < -0.39 is 6.09 Å². The smallest absolute Gasteiger partial charge is 0.406 e. The first-order valence-electron chi connectivity index (χ1n) is 12.1. The van der Waals surface area contributed by atoms with Gasteiger partial charge >= 0.3 is 12.1 Å². The van der Waals surface area contributed by atoms with Crippen LogP contribution >= 0.6 is 11.6 Å². The van der Waals surface area contributed by atoms with Gasteiger partial charge in [0.05, 0.1) is 26.4 Å². The highest BCUT2D eigenvalue weighted by Crippen LogP contribution is 2.34. The molecule has 198 valence electrons. The normalized spacial score (nSPS) is 18.0. The molecule has 2 rings (SSSR count). The van der Waals surface area contributed by atoms with Crippen molar-refractivity contribution in [3.05, 3.63) is 34.9 Å². The number of rotatable bonds is 12. The van der Waals surface area contributed by atoms with E-state index in [1.54, 1.807) is 7.11 Å². The van der Waals surface area contributed by atoms with Crippen molar-refractivity contribution in [3.63, 3.8) is 0 Å². The lowest BCUT2D eigenvalue weighted by Gasteiger charge is -2.37. The number of hydrogen-bond acceptors (Lipinski definition) is 6. The molecule has 0 aromatic heterocycles. The number of methoxy groups -OCH3 is 2. The zero-order valence-electron chi connectivity index (χ0n) is 21.3. The standard InChI is InChI=1S/C25H41ClN4O5/c1-25(2,17-33-3)14-21(27)15-29-23(31)30-11-6-8-19(16-30)22(18-7-5-9-20(26)13-18)35-12-10-28-24(32)34-4/h5,7,9,13,19,21-22H,6,8,10-12,14-17,27H2,1-4H3,(H,28,32)(H,29,31)/t19-,21+,22+/m1/s1. The number of ether oxygens (including phenoxy) is 3. The van der Waals surface area contributed by atoms with Gasteiger partial charge in [-0.2, -0.15) is 0 Å². The number of nitrogens with zero attached hydrogens (tertiary/aromatic N) is 1. The lowest BCUT2D eigenvalue weighted by Crippen LogP contribution is -2.50. The van der Waals surface area contributed by atoms with Gasteiger partial charge in [0, 0.05) is 50.3 Å².